The Balaban J connectivity index is 2.15. The molecule has 0 aliphatic heterocycles. The van der Waals surface area contributed by atoms with Gasteiger partial charge in [-0.3, -0.25) is 4.21 Å². The van der Waals surface area contributed by atoms with Crippen LogP contribution >= 0.6 is 0 Å². The number of ether oxygens (including phenoxy) is 1. The van der Waals surface area contributed by atoms with E-state index in [0.29, 0.717) is 16.6 Å². The van der Waals surface area contributed by atoms with Crippen LogP contribution in [0.25, 0.3) is 0 Å². The zero-order chi connectivity index (χ0) is 14.3. The van der Waals surface area contributed by atoms with E-state index in [2.05, 4.69) is 20.4 Å². The second-order valence-corrected chi connectivity index (χ2v) is 7.86. The molecule has 0 spiro atoms. The minimum atomic E-state index is -1.16. The van der Waals surface area contributed by atoms with Crippen LogP contribution in [-0.4, -0.2) is 28.3 Å². The average molecular weight is 284 g/mol. The summed E-state index contributed by atoms with van der Waals surface area (Å²) >= 11 is 0. The molecule has 0 heterocycles. The molecule has 2 fully saturated rings. The number of hydrogen-bond acceptors (Lipinski definition) is 3. The lowest BCUT2D eigenvalue weighted by Gasteiger charge is -2.40. The Morgan fingerprint density at radius 2 is 2.26 bits per heavy atom. The first-order chi connectivity index (χ1) is 8.85. The van der Waals surface area contributed by atoms with Crippen LogP contribution in [0.5, 0.6) is 0 Å². The highest BCUT2D eigenvalue weighted by Crippen LogP contribution is 2.66. The van der Waals surface area contributed by atoms with Crippen molar-refractivity contribution in [2.75, 3.05) is 12.9 Å². The maximum absolute atomic E-state index is 12.4. The van der Waals surface area contributed by atoms with Gasteiger partial charge in [0.25, 0.3) is 0 Å². The van der Waals surface area contributed by atoms with E-state index in [1.54, 1.807) is 13.2 Å². The summed E-state index contributed by atoms with van der Waals surface area (Å²) in [5, 5.41) is 10.4. The topological polar surface area (TPSA) is 46.5 Å². The summed E-state index contributed by atoms with van der Waals surface area (Å²) < 4.78 is 17.2. The predicted molar refractivity (Wildman–Crippen MR) is 77.9 cm³/mol. The van der Waals surface area contributed by atoms with E-state index < -0.39 is 10.8 Å². The average Bonchev–Trinajstić information content (AvgIpc) is 2.69. The summed E-state index contributed by atoms with van der Waals surface area (Å²) in [6.45, 7) is 8.27. The molecular weight excluding hydrogens is 260 g/mol. The Hall–Kier alpha value is -0.610. The molecule has 2 aliphatic carbocycles. The first kappa shape index (κ1) is 14.8. The fraction of sp³-hybridized carbons (Fsp3) is 0.733. The molecule has 4 heteroatoms. The molecule has 0 aromatic carbocycles. The second kappa shape index (κ2) is 5.06. The highest BCUT2D eigenvalue weighted by atomic mass is 32.2. The number of rotatable bonds is 5. The van der Waals surface area contributed by atoms with E-state index in [1.165, 1.54) is 6.26 Å². The first-order valence-corrected chi connectivity index (χ1v) is 8.12. The predicted octanol–water partition coefficient (Wildman–Crippen LogP) is 2.60. The van der Waals surface area contributed by atoms with E-state index in [4.69, 9.17) is 4.74 Å². The third kappa shape index (κ3) is 2.19. The van der Waals surface area contributed by atoms with E-state index in [1.807, 2.05) is 0 Å². The molecule has 0 saturated heterocycles. The number of allylic oxidation sites excluding steroid dienone is 1. The molecule has 0 aromatic heterocycles. The third-order valence-electron chi connectivity index (χ3n) is 5.46. The lowest BCUT2D eigenvalue weighted by Crippen LogP contribution is -2.43. The minimum Gasteiger partial charge on any atom is -0.504 e. The van der Waals surface area contributed by atoms with Gasteiger partial charge in [-0.15, -0.1) is 0 Å². The van der Waals surface area contributed by atoms with Gasteiger partial charge in [-0.2, -0.15) is 0 Å². The van der Waals surface area contributed by atoms with Crippen LogP contribution < -0.4 is 0 Å². The van der Waals surface area contributed by atoms with Crippen molar-refractivity contribution in [3.8, 4) is 0 Å². The number of methoxy groups -OCH3 is 1. The van der Waals surface area contributed by atoms with Crippen LogP contribution in [0.2, 0.25) is 0 Å². The molecule has 0 amide bonds. The van der Waals surface area contributed by atoms with Crippen LogP contribution in [0.4, 0.5) is 0 Å². The Labute approximate surface area is 118 Å². The molecule has 3 nitrogen and oxygen atoms in total. The zero-order valence-corrected chi connectivity index (χ0v) is 12.8. The molecule has 2 saturated carbocycles. The van der Waals surface area contributed by atoms with Crippen molar-refractivity contribution in [1.29, 1.82) is 0 Å². The van der Waals surface area contributed by atoms with Gasteiger partial charge in [0.05, 0.1) is 30.3 Å². The van der Waals surface area contributed by atoms with Gasteiger partial charge in [0.1, 0.15) is 0 Å². The molecule has 2 bridgehead atoms. The quantitative estimate of drug-likeness (QED) is 0.623. The van der Waals surface area contributed by atoms with Gasteiger partial charge >= 0.3 is 0 Å². The van der Waals surface area contributed by atoms with Crippen molar-refractivity contribution in [2.24, 2.45) is 16.7 Å². The van der Waals surface area contributed by atoms with Gasteiger partial charge in [-0.1, -0.05) is 20.4 Å². The van der Waals surface area contributed by atoms with Crippen LogP contribution in [0.1, 0.15) is 33.1 Å². The molecule has 1 N–H and O–H groups in total. The van der Waals surface area contributed by atoms with Crippen molar-refractivity contribution in [2.45, 2.75) is 39.2 Å². The van der Waals surface area contributed by atoms with Crippen LogP contribution in [0, 0.1) is 16.7 Å². The van der Waals surface area contributed by atoms with Crippen molar-refractivity contribution in [1.82, 2.24) is 0 Å². The number of aliphatic hydroxyl groups excluding tert-OH is 1. The molecule has 4 atom stereocenters. The molecule has 2 rings (SSSR count). The standard InChI is InChI=1S/C15H24O3S/c1-11(6-8-18-4)19(17)10-15-7-5-12(9-13(15)16)14(15,2)3/h6,8,12-13,16H,1,5,7,9-10H2,2-4H3/b8-6+/t12-,13-,15-,19-/m1/s1. The molecule has 0 unspecified atom stereocenters. The summed E-state index contributed by atoms with van der Waals surface area (Å²) in [6.07, 6.45) is 5.77. The van der Waals surface area contributed by atoms with Gasteiger partial charge in [-0.25, -0.2) is 0 Å². The Kier molecular flexibility index (Phi) is 3.94. The zero-order valence-electron chi connectivity index (χ0n) is 12.0. The Morgan fingerprint density at radius 3 is 2.74 bits per heavy atom. The minimum absolute atomic E-state index is 0.0628. The van der Waals surface area contributed by atoms with E-state index >= 15 is 0 Å². The maximum Gasteiger partial charge on any atom is 0.0836 e. The van der Waals surface area contributed by atoms with E-state index in [-0.39, 0.29) is 16.9 Å². The molecule has 0 aromatic rings. The van der Waals surface area contributed by atoms with Crippen LogP contribution in [-0.2, 0) is 15.5 Å². The number of fused-ring (bicyclic) bond motifs is 2. The first-order valence-electron chi connectivity index (χ1n) is 6.80. The van der Waals surface area contributed by atoms with Gasteiger partial charge in [0, 0.05) is 16.1 Å². The van der Waals surface area contributed by atoms with Crippen molar-refractivity contribution >= 4 is 10.8 Å². The van der Waals surface area contributed by atoms with Gasteiger partial charge in [0.15, 0.2) is 0 Å². The van der Waals surface area contributed by atoms with Crippen LogP contribution in [0.15, 0.2) is 23.8 Å². The largest absolute Gasteiger partial charge is 0.504 e. The molecule has 19 heavy (non-hydrogen) atoms. The normalized spacial score (nSPS) is 37.7. The van der Waals surface area contributed by atoms with Crippen molar-refractivity contribution < 1.29 is 14.1 Å². The smallest absolute Gasteiger partial charge is 0.0836 e. The summed E-state index contributed by atoms with van der Waals surface area (Å²) in [5.41, 5.74) is -0.153. The summed E-state index contributed by atoms with van der Waals surface area (Å²) in [4.78, 5) is 0.564. The SMILES string of the molecule is C=C(/C=C/OC)[S@](=O)C[C@]12CC[C@H](C[C@H]1O)C2(C)C. The van der Waals surface area contributed by atoms with Crippen LogP contribution in [0.3, 0.4) is 0 Å². The van der Waals surface area contributed by atoms with Gasteiger partial charge in [0.2, 0.25) is 0 Å². The lowest BCUT2D eigenvalue weighted by atomic mass is 9.70. The Morgan fingerprint density at radius 1 is 1.58 bits per heavy atom. The summed E-state index contributed by atoms with van der Waals surface area (Å²) in [7, 11) is 0.395. The van der Waals surface area contributed by atoms with Crippen molar-refractivity contribution in [3.05, 3.63) is 23.8 Å². The summed E-state index contributed by atoms with van der Waals surface area (Å²) in [5.74, 6) is 1.06. The second-order valence-electron chi connectivity index (χ2n) is 6.36. The number of hydrogen-bond donors (Lipinski definition) is 1. The third-order valence-corrected chi connectivity index (χ3v) is 6.96. The van der Waals surface area contributed by atoms with Crippen molar-refractivity contribution in [3.63, 3.8) is 0 Å². The lowest BCUT2D eigenvalue weighted by molar-refractivity contribution is 0.0162. The highest BCUT2D eigenvalue weighted by molar-refractivity contribution is 7.89. The monoisotopic (exact) mass is 284 g/mol. The summed E-state index contributed by atoms with van der Waals surface area (Å²) in [6, 6.07) is 0. The van der Waals surface area contributed by atoms with Gasteiger partial charge in [-0.05, 0) is 36.7 Å². The molecule has 108 valence electrons. The highest BCUT2D eigenvalue weighted by Gasteiger charge is 2.64. The fourth-order valence-corrected chi connectivity index (χ4v) is 5.50. The van der Waals surface area contributed by atoms with E-state index in [0.717, 1.165) is 19.3 Å². The fourth-order valence-electron chi connectivity index (χ4n) is 3.93. The maximum atomic E-state index is 12.4. The van der Waals surface area contributed by atoms with Gasteiger partial charge < -0.3 is 9.84 Å². The number of aliphatic hydroxyl groups is 1. The molecular formula is C15H24O3S. The molecule has 0 radical (unpaired) electrons. The van der Waals surface area contributed by atoms with E-state index in [9.17, 15) is 9.32 Å². The molecule has 2 aliphatic rings. The Bertz CT molecular complexity index is 427.